The number of anilines is 2. The maximum Gasteiger partial charge on any atom is 0.137 e. The van der Waals surface area contributed by atoms with E-state index in [1.807, 2.05) is 7.05 Å². The van der Waals surface area contributed by atoms with Gasteiger partial charge in [0.2, 0.25) is 0 Å². The number of nitrogens with one attached hydrogen (secondary N) is 1. The van der Waals surface area contributed by atoms with Crippen molar-refractivity contribution in [1.29, 1.82) is 0 Å². The molecular weight excluding hydrogens is 236 g/mol. The Kier molecular flexibility index (Phi) is 4.61. The van der Waals surface area contributed by atoms with Gasteiger partial charge in [-0.3, -0.25) is 0 Å². The van der Waals surface area contributed by atoms with Crippen LogP contribution in [-0.4, -0.2) is 30.1 Å². The first-order valence-corrected chi connectivity index (χ1v) is 7.43. The highest BCUT2D eigenvalue weighted by Gasteiger charge is 2.24. The standard InChI is InChI=1S/C15H26N4/c1-5-13-14(16-4)17-10-18-15(13)19-8-6-12(7-9-19)11(2)3/h10-12H,5-9H2,1-4H3,(H,16,17,18). The second-order valence-electron chi connectivity index (χ2n) is 5.70. The molecule has 1 aliphatic rings. The third kappa shape index (κ3) is 2.99. The summed E-state index contributed by atoms with van der Waals surface area (Å²) in [6.07, 6.45) is 5.20. The Bertz CT molecular complexity index is 409. The van der Waals surface area contributed by atoms with Crippen molar-refractivity contribution in [2.45, 2.75) is 40.0 Å². The zero-order valence-corrected chi connectivity index (χ0v) is 12.6. The Morgan fingerprint density at radius 1 is 1.32 bits per heavy atom. The summed E-state index contributed by atoms with van der Waals surface area (Å²) in [5.74, 6) is 3.76. The van der Waals surface area contributed by atoms with Crippen molar-refractivity contribution in [3.05, 3.63) is 11.9 Å². The van der Waals surface area contributed by atoms with Gasteiger partial charge >= 0.3 is 0 Å². The third-order valence-corrected chi connectivity index (χ3v) is 4.29. The van der Waals surface area contributed by atoms with E-state index in [0.29, 0.717) is 0 Å². The monoisotopic (exact) mass is 262 g/mol. The molecule has 1 saturated heterocycles. The van der Waals surface area contributed by atoms with E-state index in [2.05, 4.69) is 41.0 Å². The Morgan fingerprint density at radius 3 is 2.53 bits per heavy atom. The van der Waals surface area contributed by atoms with Gasteiger partial charge < -0.3 is 10.2 Å². The number of hydrogen-bond donors (Lipinski definition) is 1. The second kappa shape index (κ2) is 6.22. The summed E-state index contributed by atoms with van der Waals surface area (Å²) in [5, 5.41) is 3.18. The summed E-state index contributed by atoms with van der Waals surface area (Å²) < 4.78 is 0. The number of hydrogen-bond acceptors (Lipinski definition) is 4. The quantitative estimate of drug-likeness (QED) is 0.905. The lowest BCUT2D eigenvalue weighted by Gasteiger charge is -2.35. The molecule has 4 nitrogen and oxygen atoms in total. The maximum absolute atomic E-state index is 4.53. The van der Waals surface area contributed by atoms with Crippen LogP contribution in [0, 0.1) is 11.8 Å². The van der Waals surface area contributed by atoms with Gasteiger partial charge in [-0.2, -0.15) is 0 Å². The number of rotatable bonds is 4. The van der Waals surface area contributed by atoms with Crippen molar-refractivity contribution in [1.82, 2.24) is 9.97 Å². The first kappa shape index (κ1) is 14.1. The molecule has 0 aromatic carbocycles. The van der Waals surface area contributed by atoms with E-state index in [9.17, 15) is 0 Å². The Hall–Kier alpha value is -1.32. The second-order valence-corrected chi connectivity index (χ2v) is 5.70. The largest absolute Gasteiger partial charge is 0.373 e. The molecule has 4 heteroatoms. The van der Waals surface area contributed by atoms with Crippen LogP contribution in [0.3, 0.4) is 0 Å². The molecule has 0 amide bonds. The molecule has 0 bridgehead atoms. The van der Waals surface area contributed by atoms with Crippen LogP contribution >= 0.6 is 0 Å². The van der Waals surface area contributed by atoms with E-state index in [0.717, 1.165) is 43.0 Å². The molecule has 19 heavy (non-hydrogen) atoms. The van der Waals surface area contributed by atoms with Crippen molar-refractivity contribution in [3.8, 4) is 0 Å². The van der Waals surface area contributed by atoms with Crippen LogP contribution in [0.4, 0.5) is 11.6 Å². The molecule has 1 aliphatic heterocycles. The first-order chi connectivity index (χ1) is 9.17. The Labute approximate surface area is 116 Å². The van der Waals surface area contributed by atoms with E-state index in [4.69, 9.17) is 0 Å². The molecular formula is C15H26N4. The highest BCUT2D eigenvalue weighted by Crippen LogP contribution is 2.30. The van der Waals surface area contributed by atoms with Crippen LogP contribution in [0.2, 0.25) is 0 Å². The molecule has 1 fully saturated rings. The summed E-state index contributed by atoms with van der Waals surface area (Å²) in [4.78, 5) is 11.3. The summed E-state index contributed by atoms with van der Waals surface area (Å²) >= 11 is 0. The lowest BCUT2D eigenvalue weighted by molar-refractivity contribution is 0.310. The van der Waals surface area contributed by atoms with Gasteiger partial charge in [0.25, 0.3) is 0 Å². The molecule has 0 spiro atoms. The number of aromatic nitrogens is 2. The lowest BCUT2D eigenvalue weighted by atomic mass is 9.86. The van der Waals surface area contributed by atoms with Crippen molar-refractivity contribution < 1.29 is 0 Å². The molecule has 2 rings (SSSR count). The molecule has 1 aromatic rings. The van der Waals surface area contributed by atoms with Crippen molar-refractivity contribution in [2.75, 3.05) is 30.4 Å². The predicted octanol–water partition coefficient (Wildman–Crippen LogP) is 2.95. The fourth-order valence-electron chi connectivity index (χ4n) is 2.99. The molecule has 0 aliphatic carbocycles. The molecule has 1 N–H and O–H groups in total. The van der Waals surface area contributed by atoms with Crippen LogP contribution in [0.15, 0.2) is 6.33 Å². The highest BCUT2D eigenvalue weighted by atomic mass is 15.2. The van der Waals surface area contributed by atoms with E-state index >= 15 is 0 Å². The summed E-state index contributed by atoms with van der Waals surface area (Å²) in [7, 11) is 1.93. The van der Waals surface area contributed by atoms with Crippen LogP contribution in [0.25, 0.3) is 0 Å². The molecule has 0 saturated carbocycles. The van der Waals surface area contributed by atoms with Crippen molar-refractivity contribution >= 4 is 11.6 Å². The van der Waals surface area contributed by atoms with Crippen molar-refractivity contribution in [3.63, 3.8) is 0 Å². The van der Waals surface area contributed by atoms with Gasteiger partial charge in [-0.1, -0.05) is 20.8 Å². The minimum absolute atomic E-state index is 0.797. The van der Waals surface area contributed by atoms with E-state index in [1.165, 1.54) is 18.4 Å². The van der Waals surface area contributed by atoms with Crippen molar-refractivity contribution in [2.24, 2.45) is 11.8 Å². The van der Waals surface area contributed by atoms with Gasteiger partial charge in [0.15, 0.2) is 0 Å². The summed E-state index contributed by atoms with van der Waals surface area (Å²) in [5.41, 5.74) is 1.24. The van der Waals surface area contributed by atoms with Gasteiger partial charge in [-0.05, 0) is 31.1 Å². The van der Waals surface area contributed by atoms with Gasteiger partial charge in [-0.15, -0.1) is 0 Å². The van der Waals surface area contributed by atoms with Gasteiger partial charge in [0.05, 0.1) is 0 Å². The minimum atomic E-state index is 0.797. The normalized spacial score (nSPS) is 17.0. The van der Waals surface area contributed by atoms with Gasteiger partial charge in [0, 0.05) is 25.7 Å². The van der Waals surface area contributed by atoms with E-state index < -0.39 is 0 Å². The molecule has 0 unspecified atom stereocenters. The fraction of sp³-hybridized carbons (Fsp3) is 0.733. The average Bonchev–Trinajstić information content (AvgIpc) is 2.46. The van der Waals surface area contributed by atoms with Gasteiger partial charge in [-0.25, -0.2) is 9.97 Å². The smallest absolute Gasteiger partial charge is 0.137 e. The first-order valence-electron chi connectivity index (χ1n) is 7.43. The molecule has 0 atom stereocenters. The third-order valence-electron chi connectivity index (χ3n) is 4.29. The van der Waals surface area contributed by atoms with Crippen LogP contribution in [0.1, 0.15) is 39.2 Å². The SMILES string of the molecule is CCc1c(NC)ncnc1N1CCC(C(C)C)CC1. The number of nitrogens with zero attached hydrogens (tertiary/aromatic N) is 3. The lowest BCUT2D eigenvalue weighted by Crippen LogP contribution is -2.36. The van der Waals surface area contributed by atoms with E-state index in [-0.39, 0.29) is 0 Å². The molecule has 0 radical (unpaired) electrons. The maximum atomic E-state index is 4.53. The van der Waals surface area contributed by atoms with Crippen LogP contribution < -0.4 is 10.2 Å². The van der Waals surface area contributed by atoms with Gasteiger partial charge in [0.1, 0.15) is 18.0 Å². The Balaban J connectivity index is 2.15. The summed E-state index contributed by atoms with van der Waals surface area (Å²) in [6.45, 7) is 9.08. The topological polar surface area (TPSA) is 41.1 Å². The Morgan fingerprint density at radius 2 is 2.00 bits per heavy atom. The van der Waals surface area contributed by atoms with Crippen LogP contribution in [-0.2, 0) is 6.42 Å². The molecule has 2 heterocycles. The molecule has 106 valence electrons. The van der Waals surface area contributed by atoms with Crippen LogP contribution in [0.5, 0.6) is 0 Å². The highest BCUT2D eigenvalue weighted by molar-refractivity contribution is 5.58. The number of piperidine rings is 1. The summed E-state index contributed by atoms with van der Waals surface area (Å²) in [6, 6.07) is 0. The molecule has 1 aromatic heterocycles. The zero-order chi connectivity index (χ0) is 13.8. The fourth-order valence-corrected chi connectivity index (χ4v) is 2.99. The van der Waals surface area contributed by atoms with E-state index in [1.54, 1.807) is 6.33 Å². The minimum Gasteiger partial charge on any atom is -0.373 e. The average molecular weight is 262 g/mol. The zero-order valence-electron chi connectivity index (χ0n) is 12.6. The predicted molar refractivity (Wildman–Crippen MR) is 80.7 cm³/mol.